The third-order valence-electron chi connectivity index (χ3n) is 3.95. The fourth-order valence-corrected chi connectivity index (χ4v) is 3.64. The molecule has 6 heteroatoms. The zero-order valence-electron chi connectivity index (χ0n) is 11.8. The number of carbonyl (C=O) groups is 2. The van der Waals surface area contributed by atoms with Crippen LogP contribution in [0.4, 0.5) is 0 Å². The number of rotatable bonds is 5. The van der Waals surface area contributed by atoms with E-state index >= 15 is 0 Å². The van der Waals surface area contributed by atoms with Gasteiger partial charge in [0.2, 0.25) is 5.91 Å². The Hall–Kier alpha value is -1.20. The zero-order valence-corrected chi connectivity index (χ0v) is 13.4. The van der Waals surface area contributed by atoms with Crippen LogP contribution in [0.1, 0.15) is 26.2 Å². The van der Waals surface area contributed by atoms with Crippen LogP contribution in [0.5, 0.6) is 0 Å². The minimum atomic E-state index is -1.02. The van der Waals surface area contributed by atoms with E-state index in [4.69, 9.17) is 11.6 Å². The van der Waals surface area contributed by atoms with E-state index in [2.05, 4.69) is 0 Å². The number of halogens is 1. The number of amides is 1. The van der Waals surface area contributed by atoms with Crippen LogP contribution in [0.15, 0.2) is 29.2 Å². The third kappa shape index (κ3) is 3.35. The number of nitrogens with zero attached hydrogens (tertiary/aromatic N) is 1. The van der Waals surface area contributed by atoms with Crippen LogP contribution >= 0.6 is 23.4 Å². The van der Waals surface area contributed by atoms with Gasteiger partial charge in [0, 0.05) is 16.5 Å². The van der Waals surface area contributed by atoms with Gasteiger partial charge in [0.1, 0.15) is 5.54 Å². The predicted octanol–water partition coefficient (Wildman–Crippen LogP) is 3.29. The van der Waals surface area contributed by atoms with Crippen LogP contribution in [0.25, 0.3) is 0 Å². The monoisotopic (exact) mass is 327 g/mol. The van der Waals surface area contributed by atoms with Gasteiger partial charge in [-0.3, -0.25) is 4.79 Å². The molecule has 0 radical (unpaired) electrons. The molecule has 1 heterocycles. The quantitative estimate of drug-likeness (QED) is 0.843. The van der Waals surface area contributed by atoms with Gasteiger partial charge in [-0.25, -0.2) is 4.79 Å². The first-order valence-corrected chi connectivity index (χ1v) is 8.28. The van der Waals surface area contributed by atoms with Crippen molar-refractivity contribution in [1.29, 1.82) is 0 Å². The minimum absolute atomic E-state index is 0.114. The molecule has 0 aliphatic carbocycles. The highest BCUT2D eigenvalue weighted by atomic mass is 35.5. The summed E-state index contributed by atoms with van der Waals surface area (Å²) in [5.74, 6) is -0.763. The van der Waals surface area contributed by atoms with Crippen molar-refractivity contribution in [3.05, 3.63) is 29.3 Å². The second-order valence-electron chi connectivity index (χ2n) is 5.08. The maximum atomic E-state index is 12.4. The molecule has 0 aromatic heterocycles. The van der Waals surface area contributed by atoms with Crippen LogP contribution < -0.4 is 0 Å². The normalized spacial score (nSPS) is 21.5. The number of carboxylic acid groups (broad SMARTS) is 1. The largest absolute Gasteiger partial charge is 0.479 e. The van der Waals surface area contributed by atoms with Crippen molar-refractivity contribution in [3.63, 3.8) is 0 Å². The first-order valence-electron chi connectivity index (χ1n) is 6.92. The summed E-state index contributed by atoms with van der Waals surface area (Å²) < 4.78 is 0. The molecule has 1 fully saturated rings. The second-order valence-corrected chi connectivity index (χ2v) is 6.57. The Labute approximate surface area is 133 Å². The lowest BCUT2D eigenvalue weighted by Crippen LogP contribution is -2.53. The van der Waals surface area contributed by atoms with E-state index < -0.39 is 11.5 Å². The van der Waals surface area contributed by atoms with Gasteiger partial charge in [-0.05, 0) is 43.5 Å². The molecule has 21 heavy (non-hydrogen) atoms. The lowest BCUT2D eigenvalue weighted by molar-refractivity contribution is -0.155. The van der Waals surface area contributed by atoms with E-state index in [-0.39, 0.29) is 11.7 Å². The average molecular weight is 328 g/mol. The molecule has 1 atom stereocenters. The topological polar surface area (TPSA) is 57.6 Å². The number of hydrogen-bond acceptors (Lipinski definition) is 3. The number of hydrogen-bond donors (Lipinski definition) is 1. The molecule has 0 spiro atoms. The van der Waals surface area contributed by atoms with Crippen molar-refractivity contribution in [2.24, 2.45) is 0 Å². The fourth-order valence-electron chi connectivity index (χ4n) is 2.74. The highest BCUT2D eigenvalue weighted by molar-refractivity contribution is 8.00. The van der Waals surface area contributed by atoms with E-state index in [1.54, 1.807) is 12.1 Å². The molecular formula is C15H18ClNO3S. The van der Waals surface area contributed by atoms with Gasteiger partial charge in [0.15, 0.2) is 0 Å². The number of benzene rings is 1. The van der Waals surface area contributed by atoms with Crippen molar-refractivity contribution < 1.29 is 14.7 Å². The molecule has 1 saturated heterocycles. The number of carbonyl (C=O) groups excluding carboxylic acids is 1. The standard InChI is InChI=1S/C15H18ClNO3S/c1-2-15(14(19)20)8-3-9-17(15)13(18)10-21-12-6-4-11(16)5-7-12/h4-7H,2-3,8-10H2,1H3,(H,19,20). The number of likely N-dealkylation sites (tertiary alicyclic amines) is 1. The second kappa shape index (κ2) is 6.71. The van der Waals surface area contributed by atoms with E-state index in [1.807, 2.05) is 19.1 Å². The molecule has 1 aliphatic rings. The van der Waals surface area contributed by atoms with Gasteiger partial charge in [-0.1, -0.05) is 18.5 Å². The molecule has 4 nitrogen and oxygen atoms in total. The molecule has 114 valence electrons. The smallest absolute Gasteiger partial charge is 0.329 e. The molecule has 1 aromatic carbocycles. The molecular weight excluding hydrogens is 310 g/mol. The summed E-state index contributed by atoms with van der Waals surface area (Å²) in [6.45, 7) is 2.35. The third-order valence-corrected chi connectivity index (χ3v) is 5.20. The molecule has 0 bridgehead atoms. The van der Waals surface area contributed by atoms with Gasteiger partial charge in [-0.2, -0.15) is 0 Å². The molecule has 1 amide bonds. The number of carboxylic acids is 1. The first-order chi connectivity index (χ1) is 9.99. The van der Waals surface area contributed by atoms with E-state index in [9.17, 15) is 14.7 Å². The van der Waals surface area contributed by atoms with E-state index in [1.165, 1.54) is 16.7 Å². The van der Waals surface area contributed by atoms with Crippen LogP contribution in [-0.4, -0.2) is 39.7 Å². The Morgan fingerprint density at radius 3 is 2.62 bits per heavy atom. The van der Waals surface area contributed by atoms with Crippen LogP contribution in [0.3, 0.4) is 0 Å². The summed E-state index contributed by atoms with van der Waals surface area (Å²) in [6.07, 6.45) is 1.73. The summed E-state index contributed by atoms with van der Waals surface area (Å²) in [5.41, 5.74) is -1.02. The predicted molar refractivity (Wildman–Crippen MR) is 83.8 cm³/mol. The molecule has 0 saturated carbocycles. The zero-order chi connectivity index (χ0) is 15.5. The van der Waals surface area contributed by atoms with Crippen molar-refractivity contribution >= 4 is 35.2 Å². The molecule has 1 aromatic rings. The Kier molecular flexibility index (Phi) is 5.17. The average Bonchev–Trinajstić information content (AvgIpc) is 2.91. The lowest BCUT2D eigenvalue weighted by Gasteiger charge is -2.33. The van der Waals surface area contributed by atoms with Gasteiger partial charge in [-0.15, -0.1) is 11.8 Å². The SMILES string of the molecule is CCC1(C(=O)O)CCCN1C(=O)CSc1ccc(Cl)cc1. The lowest BCUT2D eigenvalue weighted by atomic mass is 9.93. The molecule has 1 aliphatic heterocycles. The van der Waals surface area contributed by atoms with Gasteiger partial charge in [0.25, 0.3) is 0 Å². The van der Waals surface area contributed by atoms with Gasteiger partial charge in [0.05, 0.1) is 5.75 Å². The Balaban J connectivity index is 2.02. The number of thioether (sulfide) groups is 1. The van der Waals surface area contributed by atoms with Crippen molar-refractivity contribution in [2.75, 3.05) is 12.3 Å². The van der Waals surface area contributed by atoms with E-state index in [0.717, 1.165) is 11.3 Å². The van der Waals surface area contributed by atoms with Crippen molar-refractivity contribution in [1.82, 2.24) is 4.90 Å². The Morgan fingerprint density at radius 1 is 1.38 bits per heavy atom. The minimum Gasteiger partial charge on any atom is -0.479 e. The highest BCUT2D eigenvalue weighted by Crippen LogP contribution is 2.34. The van der Waals surface area contributed by atoms with Crippen LogP contribution in [-0.2, 0) is 9.59 Å². The summed E-state index contributed by atoms with van der Waals surface area (Å²) >= 11 is 7.22. The first kappa shape index (κ1) is 16.2. The summed E-state index contributed by atoms with van der Waals surface area (Å²) in [5, 5.41) is 10.1. The molecule has 2 rings (SSSR count). The van der Waals surface area contributed by atoms with Crippen LogP contribution in [0, 0.1) is 0 Å². The molecule has 1 N–H and O–H groups in total. The maximum Gasteiger partial charge on any atom is 0.329 e. The molecule has 1 unspecified atom stereocenters. The Bertz CT molecular complexity index is 534. The van der Waals surface area contributed by atoms with E-state index in [0.29, 0.717) is 24.4 Å². The van der Waals surface area contributed by atoms with Crippen molar-refractivity contribution in [2.45, 2.75) is 36.6 Å². The fraction of sp³-hybridized carbons (Fsp3) is 0.467. The number of aliphatic carboxylic acids is 1. The summed E-state index contributed by atoms with van der Waals surface area (Å²) in [6, 6.07) is 7.26. The summed E-state index contributed by atoms with van der Waals surface area (Å²) in [4.78, 5) is 26.4. The van der Waals surface area contributed by atoms with Gasteiger partial charge >= 0.3 is 5.97 Å². The maximum absolute atomic E-state index is 12.4. The highest BCUT2D eigenvalue weighted by Gasteiger charge is 2.48. The Morgan fingerprint density at radius 2 is 2.05 bits per heavy atom. The van der Waals surface area contributed by atoms with Crippen molar-refractivity contribution in [3.8, 4) is 0 Å². The van der Waals surface area contributed by atoms with Gasteiger partial charge < -0.3 is 10.0 Å². The summed E-state index contributed by atoms with van der Waals surface area (Å²) in [7, 11) is 0. The van der Waals surface area contributed by atoms with Crippen LogP contribution in [0.2, 0.25) is 5.02 Å².